The number of fused-ring (bicyclic) bond motifs is 1. The van der Waals surface area contributed by atoms with Crippen molar-refractivity contribution in [3.05, 3.63) is 90.3 Å². The highest BCUT2D eigenvalue weighted by molar-refractivity contribution is 6.01. The van der Waals surface area contributed by atoms with Gasteiger partial charge < -0.3 is 20.5 Å². The zero-order valence-electron chi connectivity index (χ0n) is 20.5. The van der Waals surface area contributed by atoms with Gasteiger partial charge in [0.15, 0.2) is 0 Å². The number of nitrogens with zero attached hydrogens (tertiary/aromatic N) is 2. The summed E-state index contributed by atoms with van der Waals surface area (Å²) in [6.45, 7) is 0.470. The molecule has 0 fully saturated rings. The highest BCUT2D eigenvalue weighted by atomic mass is 16.5. The van der Waals surface area contributed by atoms with E-state index in [0.717, 1.165) is 11.1 Å². The molecule has 0 aliphatic heterocycles. The van der Waals surface area contributed by atoms with Crippen molar-refractivity contribution in [2.75, 3.05) is 11.9 Å². The lowest BCUT2D eigenvalue weighted by Crippen LogP contribution is -2.65. The van der Waals surface area contributed by atoms with E-state index in [2.05, 4.69) is 31.1 Å². The van der Waals surface area contributed by atoms with E-state index in [1.165, 1.54) is 0 Å². The number of amides is 2. The molecule has 0 unspecified atom stereocenters. The van der Waals surface area contributed by atoms with Crippen molar-refractivity contribution >= 4 is 34.7 Å². The molecule has 0 aliphatic rings. The fourth-order valence-electron chi connectivity index (χ4n) is 3.85. The van der Waals surface area contributed by atoms with E-state index in [0.29, 0.717) is 30.6 Å². The van der Waals surface area contributed by atoms with Gasteiger partial charge in [-0.3, -0.25) is 15.2 Å². The first-order chi connectivity index (χ1) is 18.4. The van der Waals surface area contributed by atoms with Crippen molar-refractivity contribution in [2.24, 2.45) is 0 Å². The fraction of sp³-hybridized carbons (Fsp3) is 0.222. The number of carbonyl (C=O) groups excluding carboxylic acids is 2. The quantitative estimate of drug-likeness (QED) is 0.141. The molecule has 0 saturated carbocycles. The smallest absolute Gasteiger partial charge is 0.409 e. The van der Waals surface area contributed by atoms with Gasteiger partial charge in [0.25, 0.3) is 5.91 Å². The minimum atomic E-state index is -2.10. The van der Waals surface area contributed by atoms with Crippen LogP contribution < -0.4 is 16.0 Å². The number of pyridine rings is 1. The van der Waals surface area contributed by atoms with E-state index in [-0.39, 0.29) is 18.6 Å². The van der Waals surface area contributed by atoms with Crippen molar-refractivity contribution in [2.45, 2.75) is 31.5 Å². The molecule has 0 bridgehead atoms. The zero-order valence-corrected chi connectivity index (χ0v) is 20.5. The monoisotopic (exact) mass is 516 g/mol. The first kappa shape index (κ1) is 26.1. The molecule has 1 atom stereocenters. The Bertz CT molecular complexity index is 1380. The molecule has 0 saturated heterocycles. The van der Waals surface area contributed by atoms with Crippen LogP contribution in [-0.2, 0) is 16.1 Å². The molecule has 2 aromatic carbocycles. The second kappa shape index (κ2) is 12.3. The van der Waals surface area contributed by atoms with Crippen LogP contribution in [0.15, 0.2) is 79.1 Å². The van der Waals surface area contributed by atoms with Crippen molar-refractivity contribution in [1.82, 2.24) is 25.8 Å². The van der Waals surface area contributed by atoms with Gasteiger partial charge in [-0.2, -0.15) is 5.10 Å². The van der Waals surface area contributed by atoms with Crippen LogP contribution in [0.4, 0.5) is 10.6 Å². The number of benzene rings is 2. The van der Waals surface area contributed by atoms with Gasteiger partial charge in [0.1, 0.15) is 12.4 Å². The molecule has 2 aromatic heterocycles. The summed E-state index contributed by atoms with van der Waals surface area (Å²) in [4.78, 5) is 42.5. The number of aromatic amines is 1. The predicted octanol–water partition coefficient (Wildman–Crippen LogP) is 3.68. The van der Waals surface area contributed by atoms with Crippen LogP contribution in [0.3, 0.4) is 0 Å². The average Bonchev–Trinajstić information content (AvgIpc) is 3.41. The maximum atomic E-state index is 13.1. The number of carboxylic acid groups (broad SMARTS) is 1. The van der Waals surface area contributed by atoms with Gasteiger partial charge in [-0.05, 0) is 48.7 Å². The Morgan fingerprint density at radius 1 is 0.974 bits per heavy atom. The minimum absolute atomic E-state index is 0.0541. The summed E-state index contributed by atoms with van der Waals surface area (Å²) >= 11 is 0. The molecule has 11 nitrogen and oxygen atoms in total. The van der Waals surface area contributed by atoms with Crippen LogP contribution in [0, 0.1) is 0 Å². The van der Waals surface area contributed by atoms with Gasteiger partial charge in [0, 0.05) is 30.1 Å². The van der Waals surface area contributed by atoms with Crippen LogP contribution in [0.1, 0.15) is 35.2 Å². The summed E-state index contributed by atoms with van der Waals surface area (Å²) in [5, 5.41) is 25.7. The Kier molecular flexibility index (Phi) is 8.50. The minimum Gasteiger partial charge on any atom is -0.478 e. The summed E-state index contributed by atoms with van der Waals surface area (Å²) in [5.74, 6) is -1.38. The van der Waals surface area contributed by atoms with Gasteiger partial charge in [0.2, 0.25) is 5.66 Å². The molecule has 196 valence electrons. The van der Waals surface area contributed by atoms with Gasteiger partial charge in [-0.25, -0.2) is 14.6 Å². The van der Waals surface area contributed by atoms with Crippen molar-refractivity contribution in [1.29, 1.82) is 0 Å². The first-order valence-electron chi connectivity index (χ1n) is 12.1. The van der Waals surface area contributed by atoms with E-state index in [4.69, 9.17) is 4.74 Å². The predicted molar refractivity (Wildman–Crippen MR) is 140 cm³/mol. The molecular weight excluding hydrogens is 488 g/mol. The summed E-state index contributed by atoms with van der Waals surface area (Å²) in [7, 11) is 0. The molecular formula is C27H28N6O5. The Morgan fingerprint density at radius 3 is 2.55 bits per heavy atom. The van der Waals surface area contributed by atoms with E-state index in [9.17, 15) is 19.5 Å². The lowest BCUT2D eigenvalue weighted by Gasteiger charge is -2.31. The number of rotatable bonds is 12. The number of aromatic nitrogens is 3. The number of carboxylic acids is 1. The first-order valence-corrected chi connectivity index (χ1v) is 12.1. The molecule has 2 amide bonds. The van der Waals surface area contributed by atoms with E-state index >= 15 is 0 Å². The van der Waals surface area contributed by atoms with Gasteiger partial charge in [-0.15, -0.1) is 0 Å². The number of nitrogens with one attached hydrogen (secondary N) is 4. The van der Waals surface area contributed by atoms with Crippen molar-refractivity contribution in [3.8, 4) is 0 Å². The normalized spacial score (nSPS) is 12.3. The van der Waals surface area contributed by atoms with Gasteiger partial charge in [0.05, 0.1) is 11.7 Å². The molecule has 4 rings (SSSR count). The molecule has 38 heavy (non-hydrogen) atoms. The number of anilines is 1. The Morgan fingerprint density at radius 2 is 1.79 bits per heavy atom. The highest BCUT2D eigenvalue weighted by Gasteiger charge is 2.42. The van der Waals surface area contributed by atoms with Crippen molar-refractivity contribution < 1.29 is 24.2 Å². The topological polar surface area (TPSA) is 158 Å². The lowest BCUT2D eigenvalue weighted by atomic mass is 10.0. The van der Waals surface area contributed by atoms with Gasteiger partial charge in [-0.1, -0.05) is 36.4 Å². The molecule has 4 aromatic rings. The van der Waals surface area contributed by atoms with Crippen LogP contribution >= 0.6 is 0 Å². The number of hydrogen-bond donors (Lipinski definition) is 5. The number of ether oxygens (including phenoxy) is 1. The van der Waals surface area contributed by atoms with Crippen LogP contribution in [-0.4, -0.2) is 50.5 Å². The summed E-state index contributed by atoms with van der Waals surface area (Å²) < 4.78 is 5.26. The van der Waals surface area contributed by atoms with Crippen LogP contribution in [0.5, 0.6) is 0 Å². The summed E-state index contributed by atoms with van der Waals surface area (Å²) in [6.07, 6.45) is 3.11. The average molecular weight is 517 g/mol. The number of carbonyl (C=O) groups is 3. The second-order valence-electron chi connectivity index (χ2n) is 8.62. The third-order valence-corrected chi connectivity index (χ3v) is 5.87. The number of H-pyrrole nitrogens is 1. The van der Waals surface area contributed by atoms with E-state index in [1.54, 1.807) is 54.9 Å². The number of alkyl carbamates (subject to hydrolysis) is 1. The maximum absolute atomic E-state index is 13.1. The number of hydrogen-bond acceptors (Lipinski definition) is 7. The van der Waals surface area contributed by atoms with E-state index in [1.807, 2.05) is 24.3 Å². The Balaban J connectivity index is 1.46. The fourth-order valence-corrected chi connectivity index (χ4v) is 3.85. The Labute approximate surface area is 218 Å². The zero-order chi connectivity index (χ0) is 26.8. The molecule has 0 spiro atoms. The van der Waals surface area contributed by atoms with Crippen LogP contribution in [0.2, 0.25) is 0 Å². The van der Waals surface area contributed by atoms with E-state index < -0.39 is 23.6 Å². The van der Waals surface area contributed by atoms with Crippen molar-refractivity contribution in [3.63, 3.8) is 0 Å². The standard InChI is InChI=1S/C27H28N6O5/c34-24(20-11-12-22-21(16-20)17-30-33-22)31-27(25(35)36,13-5-7-15-29-23-10-4-6-14-28-23)32-26(37)38-18-19-8-2-1-3-9-19/h1-4,6,8-12,14,16-17H,5,7,13,15,18H2,(H,28,29)(H,30,33)(H,31,34)(H,32,37)(H,35,36)/t27-/m0/s1. The molecule has 11 heteroatoms. The largest absolute Gasteiger partial charge is 0.478 e. The molecule has 2 heterocycles. The number of aliphatic carboxylic acids is 1. The lowest BCUT2D eigenvalue weighted by molar-refractivity contribution is -0.146. The number of unbranched alkanes of at least 4 members (excludes halogenated alkanes) is 1. The third kappa shape index (κ3) is 6.84. The third-order valence-electron chi connectivity index (χ3n) is 5.87. The molecule has 5 N–H and O–H groups in total. The molecule has 0 radical (unpaired) electrons. The second-order valence-corrected chi connectivity index (χ2v) is 8.62. The molecule has 0 aliphatic carbocycles. The summed E-state index contributed by atoms with van der Waals surface area (Å²) in [5.41, 5.74) is -0.405. The SMILES string of the molecule is O=C(N[C@](CCCCNc1ccccn1)(NC(=O)c1ccc2[nH]ncc2c1)C(=O)O)OCc1ccccc1. The highest BCUT2D eigenvalue weighted by Crippen LogP contribution is 2.18. The van der Waals surface area contributed by atoms with Crippen LogP contribution in [0.25, 0.3) is 10.9 Å². The Hall–Kier alpha value is -4.93. The maximum Gasteiger partial charge on any atom is 0.409 e. The van der Waals surface area contributed by atoms with Gasteiger partial charge >= 0.3 is 12.1 Å². The summed E-state index contributed by atoms with van der Waals surface area (Å²) in [6, 6.07) is 19.3.